The normalized spacial score (nSPS) is 20.2. The van der Waals surface area contributed by atoms with Crippen molar-refractivity contribution in [2.75, 3.05) is 33.0 Å². The molecule has 92 valence electrons. The lowest BCUT2D eigenvalue weighted by Gasteiger charge is -2.16. The highest BCUT2D eigenvalue weighted by atomic mass is 16.6. The molecule has 0 aromatic heterocycles. The third kappa shape index (κ3) is 6.55. The van der Waals surface area contributed by atoms with Crippen LogP contribution < -0.4 is 0 Å². The molecule has 5 heteroatoms. The van der Waals surface area contributed by atoms with Crippen molar-refractivity contribution in [2.24, 2.45) is 0 Å². The van der Waals surface area contributed by atoms with E-state index in [-0.39, 0.29) is 24.8 Å². The van der Waals surface area contributed by atoms with Gasteiger partial charge in [-0.05, 0) is 0 Å². The standard InChI is InChI=1S/C11H18O5/c1-3-4-13-5-10(6-14-9(2)12)15-7-11-8-16-11/h3,10-11H,1,4-8H2,2H3/t10-,11+/m0/s1. The summed E-state index contributed by atoms with van der Waals surface area (Å²) < 4.78 is 20.7. The fourth-order valence-electron chi connectivity index (χ4n) is 1.05. The second-order valence-corrected chi connectivity index (χ2v) is 3.54. The Labute approximate surface area is 95.3 Å². The topological polar surface area (TPSA) is 57.3 Å². The van der Waals surface area contributed by atoms with Gasteiger partial charge in [0.05, 0.1) is 26.4 Å². The van der Waals surface area contributed by atoms with Crippen LogP contribution in [0.25, 0.3) is 0 Å². The fraction of sp³-hybridized carbons (Fsp3) is 0.727. The molecule has 2 atom stereocenters. The van der Waals surface area contributed by atoms with Gasteiger partial charge in [-0.1, -0.05) is 6.08 Å². The molecule has 1 rings (SSSR count). The Morgan fingerprint density at radius 3 is 2.94 bits per heavy atom. The first-order valence-electron chi connectivity index (χ1n) is 5.27. The van der Waals surface area contributed by atoms with Crippen LogP contribution in [0.15, 0.2) is 12.7 Å². The average Bonchev–Trinajstić information content (AvgIpc) is 3.05. The van der Waals surface area contributed by atoms with Crippen molar-refractivity contribution in [1.82, 2.24) is 0 Å². The van der Waals surface area contributed by atoms with Crippen molar-refractivity contribution in [3.8, 4) is 0 Å². The van der Waals surface area contributed by atoms with Gasteiger partial charge in [-0.15, -0.1) is 6.58 Å². The monoisotopic (exact) mass is 230 g/mol. The highest BCUT2D eigenvalue weighted by molar-refractivity contribution is 5.65. The quantitative estimate of drug-likeness (QED) is 0.250. The average molecular weight is 230 g/mol. The maximum absolute atomic E-state index is 10.7. The number of hydrogen-bond donors (Lipinski definition) is 0. The Morgan fingerprint density at radius 2 is 2.38 bits per heavy atom. The SMILES string of the molecule is C=CCOC[C@@H](COC(C)=O)OC[C@@H]1CO1. The van der Waals surface area contributed by atoms with Crippen molar-refractivity contribution in [2.45, 2.75) is 19.1 Å². The van der Waals surface area contributed by atoms with Crippen LogP contribution >= 0.6 is 0 Å². The molecule has 0 unspecified atom stereocenters. The summed E-state index contributed by atoms with van der Waals surface area (Å²) in [5, 5.41) is 0. The zero-order valence-electron chi connectivity index (χ0n) is 9.52. The minimum Gasteiger partial charge on any atom is -0.463 e. The van der Waals surface area contributed by atoms with E-state index in [1.54, 1.807) is 6.08 Å². The fourth-order valence-corrected chi connectivity index (χ4v) is 1.05. The molecule has 1 aliphatic rings. The molecule has 1 saturated heterocycles. The van der Waals surface area contributed by atoms with E-state index in [4.69, 9.17) is 18.9 Å². The molecule has 0 aromatic rings. The van der Waals surface area contributed by atoms with Crippen LogP contribution in [0.1, 0.15) is 6.92 Å². The van der Waals surface area contributed by atoms with Gasteiger partial charge in [-0.3, -0.25) is 4.79 Å². The summed E-state index contributed by atoms with van der Waals surface area (Å²) in [7, 11) is 0. The smallest absolute Gasteiger partial charge is 0.302 e. The van der Waals surface area contributed by atoms with Crippen LogP contribution in [-0.2, 0) is 23.7 Å². The number of hydrogen-bond acceptors (Lipinski definition) is 5. The van der Waals surface area contributed by atoms with Crippen molar-refractivity contribution in [3.63, 3.8) is 0 Å². The molecule has 1 heterocycles. The van der Waals surface area contributed by atoms with E-state index in [0.29, 0.717) is 19.8 Å². The van der Waals surface area contributed by atoms with Gasteiger partial charge in [-0.2, -0.15) is 0 Å². The number of rotatable bonds is 9. The summed E-state index contributed by atoms with van der Waals surface area (Å²) in [6.45, 7) is 7.22. The van der Waals surface area contributed by atoms with Crippen LogP contribution in [0.4, 0.5) is 0 Å². The maximum Gasteiger partial charge on any atom is 0.302 e. The molecule has 0 spiro atoms. The number of ether oxygens (including phenoxy) is 4. The molecule has 0 aromatic carbocycles. The molecule has 16 heavy (non-hydrogen) atoms. The lowest BCUT2D eigenvalue weighted by Crippen LogP contribution is -2.28. The van der Waals surface area contributed by atoms with Gasteiger partial charge in [-0.25, -0.2) is 0 Å². The van der Waals surface area contributed by atoms with Crippen LogP contribution in [-0.4, -0.2) is 51.2 Å². The van der Waals surface area contributed by atoms with E-state index >= 15 is 0 Å². The summed E-state index contributed by atoms with van der Waals surface area (Å²) >= 11 is 0. The Hall–Kier alpha value is -0.910. The molecular formula is C11H18O5. The van der Waals surface area contributed by atoms with Crippen molar-refractivity contribution >= 4 is 5.97 Å². The van der Waals surface area contributed by atoms with Crippen molar-refractivity contribution in [3.05, 3.63) is 12.7 Å². The zero-order valence-corrected chi connectivity index (χ0v) is 9.52. The Bertz CT molecular complexity index is 224. The number of carbonyl (C=O) groups is 1. The maximum atomic E-state index is 10.7. The first-order valence-corrected chi connectivity index (χ1v) is 5.27. The molecule has 0 amide bonds. The van der Waals surface area contributed by atoms with E-state index in [1.807, 2.05) is 0 Å². The van der Waals surface area contributed by atoms with Crippen LogP contribution in [0.3, 0.4) is 0 Å². The van der Waals surface area contributed by atoms with Crippen LogP contribution in [0, 0.1) is 0 Å². The zero-order chi connectivity index (χ0) is 11.8. The van der Waals surface area contributed by atoms with Gasteiger partial charge in [0.1, 0.15) is 18.8 Å². The molecule has 0 saturated carbocycles. The largest absolute Gasteiger partial charge is 0.463 e. The molecule has 0 N–H and O–H groups in total. The van der Waals surface area contributed by atoms with Gasteiger partial charge in [0.2, 0.25) is 0 Å². The van der Waals surface area contributed by atoms with Crippen molar-refractivity contribution in [1.29, 1.82) is 0 Å². The Kier molecular flexibility index (Phi) is 6.07. The molecule has 1 fully saturated rings. The van der Waals surface area contributed by atoms with Gasteiger partial charge >= 0.3 is 5.97 Å². The third-order valence-electron chi connectivity index (χ3n) is 1.93. The summed E-state index contributed by atoms with van der Waals surface area (Å²) in [5.74, 6) is -0.319. The second kappa shape index (κ2) is 7.38. The van der Waals surface area contributed by atoms with Crippen LogP contribution in [0.5, 0.6) is 0 Å². The summed E-state index contributed by atoms with van der Waals surface area (Å²) in [6, 6.07) is 0. The number of carbonyl (C=O) groups excluding carboxylic acids is 1. The van der Waals surface area contributed by atoms with Gasteiger partial charge in [0, 0.05) is 6.92 Å². The highest BCUT2D eigenvalue weighted by Crippen LogP contribution is 2.10. The van der Waals surface area contributed by atoms with Crippen LogP contribution in [0.2, 0.25) is 0 Å². The Balaban J connectivity index is 2.15. The minimum atomic E-state index is -0.319. The molecule has 5 nitrogen and oxygen atoms in total. The van der Waals surface area contributed by atoms with E-state index in [9.17, 15) is 4.79 Å². The molecule has 0 radical (unpaired) electrons. The summed E-state index contributed by atoms with van der Waals surface area (Å²) in [5.41, 5.74) is 0. The minimum absolute atomic E-state index is 0.194. The molecule has 0 aliphatic carbocycles. The predicted molar refractivity (Wildman–Crippen MR) is 57.1 cm³/mol. The van der Waals surface area contributed by atoms with Gasteiger partial charge in [0.15, 0.2) is 0 Å². The second-order valence-electron chi connectivity index (χ2n) is 3.54. The molecule has 0 bridgehead atoms. The van der Waals surface area contributed by atoms with Gasteiger partial charge in [0.25, 0.3) is 0 Å². The lowest BCUT2D eigenvalue weighted by atomic mass is 10.4. The number of epoxide rings is 1. The van der Waals surface area contributed by atoms with E-state index in [2.05, 4.69) is 6.58 Å². The lowest BCUT2D eigenvalue weighted by molar-refractivity contribution is -0.147. The summed E-state index contributed by atoms with van der Waals surface area (Å²) in [4.78, 5) is 10.7. The Morgan fingerprint density at radius 1 is 1.62 bits per heavy atom. The van der Waals surface area contributed by atoms with Gasteiger partial charge < -0.3 is 18.9 Å². The molecule has 1 aliphatic heterocycles. The first kappa shape index (κ1) is 13.2. The first-order chi connectivity index (χ1) is 7.72. The predicted octanol–water partition coefficient (Wildman–Crippen LogP) is 0.536. The third-order valence-corrected chi connectivity index (χ3v) is 1.93. The summed E-state index contributed by atoms with van der Waals surface area (Å²) in [6.07, 6.45) is 1.61. The number of esters is 1. The molecular weight excluding hydrogens is 212 g/mol. The highest BCUT2D eigenvalue weighted by Gasteiger charge is 2.24. The van der Waals surface area contributed by atoms with E-state index < -0.39 is 0 Å². The van der Waals surface area contributed by atoms with Crippen molar-refractivity contribution < 1.29 is 23.7 Å². The van der Waals surface area contributed by atoms with E-state index in [1.165, 1.54) is 6.92 Å². The van der Waals surface area contributed by atoms with E-state index in [0.717, 1.165) is 6.61 Å².